The van der Waals surface area contributed by atoms with Gasteiger partial charge in [-0.1, -0.05) is 26.3 Å². The van der Waals surface area contributed by atoms with Crippen molar-refractivity contribution in [2.75, 3.05) is 7.05 Å². The van der Waals surface area contributed by atoms with Crippen LogP contribution in [-0.2, 0) is 0 Å². The van der Waals surface area contributed by atoms with E-state index in [9.17, 15) is 0 Å². The quantitative estimate of drug-likeness (QED) is 0.475. The van der Waals surface area contributed by atoms with Gasteiger partial charge in [0.25, 0.3) is 0 Å². The Hall–Kier alpha value is -0.500. The predicted molar refractivity (Wildman–Crippen MR) is 47.3 cm³/mol. The standard InChI is InChI=1S/C6H14N2.C2H6/c1-4-6(2)5-8(3)7;1-2/h5H,4,7H2,1-3H3;1-2H3/b6-5+;. The molecule has 0 atom stereocenters. The van der Waals surface area contributed by atoms with Gasteiger partial charge in [-0.2, -0.15) is 0 Å². The van der Waals surface area contributed by atoms with Gasteiger partial charge in [-0.15, -0.1) is 0 Å². The van der Waals surface area contributed by atoms with Crippen LogP contribution in [0.1, 0.15) is 34.1 Å². The molecule has 0 amide bonds. The summed E-state index contributed by atoms with van der Waals surface area (Å²) in [6.45, 7) is 8.17. The molecule has 0 aliphatic carbocycles. The molecule has 0 heterocycles. The average Bonchev–Trinajstić information content (AvgIpc) is 1.91. The fourth-order valence-corrected chi connectivity index (χ4v) is 0.439. The molecule has 62 valence electrons. The maximum atomic E-state index is 5.33. The minimum atomic E-state index is 1.07. The van der Waals surface area contributed by atoms with Crippen molar-refractivity contribution in [3.63, 3.8) is 0 Å². The summed E-state index contributed by atoms with van der Waals surface area (Å²) in [4.78, 5) is 0. The first-order chi connectivity index (χ1) is 4.66. The number of hydrogen-bond donors (Lipinski definition) is 1. The monoisotopic (exact) mass is 144 g/mol. The molecule has 10 heavy (non-hydrogen) atoms. The van der Waals surface area contributed by atoms with Crippen molar-refractivity contribution in [3.05, 3.63) is 11.8 Å². The summed E-state index contributed by atoms with van der Waals surface area (Å²) in [6, 6.07) is 0. The fraction of sp³-hybridized carbons (Fsp3) is 0.750. The molecule has 0 aromatic carbocycles. The number of rotatable bonds is 2. The SMILES string of the molecule is CC.CC/C(C)=C/N(C)N. The summed E-state index contributed by atoms with van der Waals surface area (Å²) in [7, 11) is 1.82. The number of hydrazine groups is 1. The Morgan fingerprint density at radius 2 is 1.90 bits per heavy atom. The third-order valence-electron chi connectivity index (χ3n) is 0.982. The first-order valence-electron chi connectivity index (χ1n) is 3.81. The van der Waals surface area contributed by atoms with Crippen LogP contribution in [0.3, 0.4) is 0 Å². The Labute approximate surface area is 64.7 Å². The average molecular weight is 144 g/mol. The summed E-state index contributed by atoms with van der Waals surface area (Å²) in [5.41, 5.74) is 1.30. The maximum absolute atomic E-state index is 5.33. The third kappa shape index (κ3) is 10.5. The first kappa shape index (κ1) is 12.2. The second kappa shape index (κ2) is 8.50. The highest BCUT2D eigenvalue weighted by Gasteiger charge is 1.82. The van der Waals surface area contributed by atoms with Gasteiger partial charge in [-0.05, 0) is 13.3 Å². The molecule has 2 N–H and O–H groups in total. The van der Waals surface area contributed by atoms with Crippen LogP contribution in [0.2, 0.25) is 0 Å². The van der Waals surface area contributed by atoms with Crippen molar-refractivity contribution in [1.82, 2.24) is 5.01 Å². The summed E-state index contributed by atoms with van der Waals surface area (Å²) in [5.74, 6) is 5.33. The number of hydrogen-bond acceptors (Lipinski definition) is 2. The second-order valence-corrected chi connectivity index (χ2v) is 1.99. The van der Waals surface area contributed by atoms with Crippen LogP contribution in [-0.4, -0.2) is 12.1 Å². The van der Waals surface area contributed by atoms with Gasteiger partial charge in [0.1, 0.15) is 0 Å². The highest BCUT2D eigenvalue weighted by Crippen LogP contribution is 1.96. The lowest BCUT2D eigenvalue weighted by atomic mass is 10.3. The number of nitrogens with zero attached hydrogens (tertiary/aromatic N) is 1. The second-order valence-electron chi connectivity index (χ2n) is 1.99. The van der Waals surface area contributed by atoms with Gasteiger partial charge in [-0.3, -0.25) is 0 Å². The normalized spacial score (nSPS) is 10.0. The molecule has 0 aromatic heterocycles. The van der Waals surface area contributed by atoms with Crippen LogP contribution in [0.5, 0.6) is 0 Å². The van der Waals surface area contributed by atoms with Crippen LogP contribution in [0, 0.1) is 0 Å². The van der Waals surface area contributed by atoms with Crippen molar-refractivity contribution in [1.29, 1.82) is 0 Å². The molecule has 0 saturated heterocycles. The Kier molecular flexibility index (Phi) is 10.4. The lowest BCUT2D eigenvalue weighted by molar-refractivity contribution is 0.479. The lowest BCUT2D eigenvalue weighted by Gasteiger charge is -2.05. The Morgan fingerprint density at radius 3 is 2.00 bits per heavy atom. The van der Waals surface area contributed by atoms with E-state index >= 15 is 0 Å². The zero-order valence-electron chi connectivity index (χ0n) is 7.81. The molecular weight excluding hydrogens is 124 g/mol. The van der Waals surface area contributed by atoms with Crippen molar-refractivity contribution in [3.8, 4) is 0 Å². The molecular formula is C8H20N2. The maximum Gasteiger partial charge on any atom is 0.0222 e. The molecule has 0 fully saturated rings. The highest BCUT2D eigenvalue weighted by atomic mass is 15.4. The Balaban J connectivity index is 0. The van der Waals surface area contributed by atoms with Crippen LogP contribution >= 0.6 is 0 Å². The molecule has 0 unspecified atom stereocenters. The van der Waals surface area contributed by atoms with Gasteiger partial charge in [0, 0.05) is 13.2 Å². The minimum absolute atomic E-state index is 1.07. The molecule has 0 radical (unpaired) electrons. The van der Waals surface area contributed by atoms with Gasteiger partial charge in [0.15, 0.2) is 0 Å². The molecule has 0 saturated carbocycles. The molecule has 0 aromatic rings. The predicted octanol–water partition coefficient (Wildman–Crippen LogP) is 2.13. The summed E-state index contributed by atoms with van der Waals surface area (Å²) >= 11 is 0. The van der Waals surface area contributed by atoms with Gasteiger partial charge in [0.2, 0.25) is 0 Å². The van der Waals surface area contributed by atoms with Crippen LogP contribution in [0.4, 0.5) is 0 Å². The Bertz CT molecular complexity index is 85.3. The molecule has 0 rings (SSSR count). The smallest absolute Gasteiger partial charge is 0.0222 e. The number of nitrogens with two attached hydrogens (primary N) is 1. The molecule has 2 nitrogen and oxygen atoms in total. The summed E-state index contributed by atoms with van der Waals surface area (Å²) in [6.07, 6.45) is 2.99. The zero-order valence-corrected chi connectivity index (χ0v) is 7.81. The Morgan fingerprint density at radius 1 is 1.50 bits per heavy atom. The molecule has 0 aliphatic rings. The molecule has 0 aliphatic heterocycles. The van der Waals surface area contributed by atoms with Crippen molar-refractivity contribution in [2.45, 2.75) is 34.1 Å². The van der Waals surface area contributed by atoms with Crippen LogP contribution in [0.25, 0.3) is 0 Å². The molecule has 0 spiro atoms. The van der Waals surface area contributed by atoms with E-state index in [1.54, 1.807) is 5.01 Å². The first-order valence-corrected chi connectivity index (χ1v) is 3.81. The topological polar surface area (TPSA) is 29.3 Å². The number of allylic oxidation sites excluding steroid dienone is 1. The summed E-state index contributed by atoms with van der Waals surface area (Å²) < 4.78 is 0. The van der Waals surface area contributed by atoms with Gasteiger partial charge in [-0.25, -0.2) is 5.84 Å². The van der Waals surface area contributed by atoms with E-state index in [-0.39, 0.29) is 0 Å². The van der Waals surface area contributed by atoms with E-state index in [0.717, 1.165) is 6.42 Å². The van der Waals surface area contributed by atoms with E-state index in [1.165, 1.54) is 5.57 Å². The highest BCUT2D eigenvalue weighted by molar-refractivity contribution is 4.93. The van der Waals surface area contributed by atoms with E-state index < -0.39 is 0 Å². The minimum Gasteiger partial charge on any atom is -0.321 e. The van der Waals surface area contributed by atoms with Crippen LogP contribution in [0.15, 0.2) is 11.8 Å². The van der Waals surface area contributed by atoms with E-state index in [2.05, 4.69) is 13.8 Å². The zero-order chi connectivity index (χ0) is 8.57. The van der Waals surface area contributed by atoms with Gasteiger partial charge in [0.05, 0.1) is 0 Å². The molecule has 2 heteroatoms. The third-order valence-corrected chi connectivity index (χ3v) is 0.982. The van der Waals surface area contributed by atoms with Crippen molar-refractivity contribution in [2.24, 2.45) is 5.84 Å². The van der Waals surface area contributed by atoms with Crippen LogP contribution < -0.4 is 5.84 Å². The molecule has 0 bridgehead atoms. The van der Waals surface area contributed by atoms with E-state index in [0.29, 0.717) is 0 Å². The van der Waals surface area contributed by atoms with E-state index in [4.69, 9.17) is 5.84 Å². The fourth-order valence-electron chi connectivity index (χ4n) is 0.439. The van der Waals surface area contributed by atoms with Gasteiger partial charge >= 0.3 is 0 Å². The largest absolute Gasteiger partial charge is 0.321 e. The summed E-state index contributed by atoms with van der Waals surface area (Å²) in [5, 5.41) is 1.57. The lowest BCUT2D eigenvalue weighted by Crippen LogP contribution is -2.18. The van der Waals surface area contributed by atoms with Crippen molar-refractivity contribution < 1.29 is 0 Å². The van der Waals surface area contributed by atoms with E-state index in [1.807, 2.05) is 27.1 Å². The van der Waals surface area contributed by atoms with Crippen molar-refractivity contribution >= 4 is 0 Å². The van der Waals surface area contributed by atoms with Gasteiger partial charge < -0.3 is 5.01 Å².